The van der Waals surface area contributed by atoms with E-state index in [-0.39, 0.29) is 18.9 Å². The number of fused-ring (bicyclic) bond motifs is 3. The molecule has 1 amide bonds. The molecule has 140 valence electrons. The zero-order valence-electron chi connectivity index (χ0n) is 14.0. The van der Waals surface area contributed by atoms with Crippen LogP contribution < -0.4 is 10.1 Å². The third-order valence-corrected chi connectivity index (χ3v) is 9.26. The highest BCUT2D eigenvalue weighted by Crippen LogP contribution is 2.53. The number of hydrogen-bond donors (Lipinski definition) is 2. The van der Waals surface area contributed by atoms with E-state index in [1.165, 1.54) is 0 Å². The van der Waals surface area contributed by atoms with E-state index in [0.717, 1.165) is 6.42 Å². The largest absolute Gasteiger partial charge is 0.477 e. The Balaban J connectivity index is 2.00. The van der Waals surface area contributed by atoms with Crippen LogP contribution in [0.25, 0.3) is 0 Å². The third-order valence-electron chi connectivity index (χ3n) is 5.69. The summed E-state index contributed by atoms with van der Waals surface area (Å²) in [7, 11) is -3.70. The maximum absolute atomic E-state index is 13.6. The van der Waals surface area contributed by atoms with E-state index in [9.17, 15) is 18.3 Å². The second kappa shape index (κ2) is 5.66. The maximum atomic E-state index is 13.6. The fourth-order valence-electron chi connectivity index (χ4n) is 4.21. The van der Waals surface area contributed by atoms with Gasteiger partial charge in [-0.25, -0.2) is 18.2 Å². The molecular formula is C16H18BrN3O5S. The highest BCUT2D eigenvalue weighted by molar-refractivity contribution is 9.10. The highest BCUT2D eigenvalue weighted by Gasteiger charge is 2.64. The number of nitrogens with zero attached hydrogens (tertiary/aromatic N) is 2. The average Bonchev–Trinajstić information content (AvgIpc) is 2.62. The van der Waals surface area contributed by atoms with Crippen LogP contribution in [-0.4, -0.2) is 47.0 Å². The first-order valence-electron chi connectivity index (χ1n) is 8.33. The molecule has 0 unspecified atom stereocenters. The van der Waals surface area contributed by atoms with Crippen LogP contribution in [0.2, 0.25) is 0 Å². The fraction of sp³-hybridized carbons (Fsp3) is 0.562. The Morgan fingerprint density at radius 2 is 2.19 bits per heavy atom. The van der Waals surface area contributed by atoms with Gasteiger partial charge in [0.25, 0.3) is 0 Å². The van der Waals surface area contributed by atoms with Crippen molar-refractivity contribution in [2.24, 2.45) is 4.99 Å². The van der Waals surface area contributed by atoms with E-state index in [2.05, 4.69) is 26.2 Å². The first-order chi connectivity index (χ1) is 12.2. The molecule has 8 nitrogen and oxygen atoms in total. The number of aliphatic imine (C=N–C) groups is 1. The summed E-state index contributed by atoms with van der Waals surface area (Å²) in [6.07, 6.45) is 2.02. The number of halogens is 1. The number of hydrogen-bond acceptors (Lipinski definition) is 6. The van der Waals surface area contributed by atoms with Gasteiger partial charge >= 0.3 is 6.09 Å². The van der Waals surface area contributed by atoms with Crippen LogP contribution in [0, 0.1) is 0 Å². The standard InChI is InChI=1S/C16H18BrN3O5S/c1-15-10-7-9(17)8-18-12(10)25-6-3-11(15)26(23,24)16(4-2-5-16)13(20-15)19-14(21)22/h7-8,11H,2-6H2,1H3,(H,19,20)(H,21,22)/t11-,15+/m0/s1. The highest BCUT2D eigenvalue weighted by atomic mass is 79.9. The summed E-state index contributed by atoms with van der Waals surface area (Å²) in [6, 6.07) is 1.75. The van der Waals surface area contributed by atoms with Crippen molar-refractivity contribution < 1.29 is 23.1 Å². The van der Waals surface area contributed by atoms with Crippen molar-refractivity contribution in [3.05, 3.63) is 22.3 Å². The number of nitrogens with one attached hydrogen (secondary N) is 1. The summed E-state index contributed by atoms with van der Waals surface area (Å²) in [5.41, 5.74) is -0.642. The minimum atomic E-state index is -3.70. The Hall–Kier alpha value is -1.68. The molecule has 1 aromatic heterocycles. The number of carbonyl (C=O) groups is 1. The normalized spacial score (nSPS) is 30.7. The Kier molecular flexibility index (Phi) is 3.85. The molecule has 3 heterocycles. The molecule has 2 aliphatic heterocycles. The summed E-state index contributed by atoms with van der Waals surface area (Å²) in [6.45, 7) is 1.93. The lowest BCUT2D eigenvalue weighted by Gasteiger charge is -2.50. The van der Waals surface area contributed by atoms with E-state index in [1.54, 1.807) is 19.2 Å². The monoisotopic (exact) mass is 443 g/mol. The first-order valence-corrected chi connectivity index (χ1v) is 10.7. The van der Waals surface area contributed by atoms with Gasteiger partial charge in [-0.2, -0.15) is 0 Å². The van der Waals surface area contributed by atoms with Crippen molar-refractivity contribution in [1.29, 1.82) is 0 Å². The van der Waals surface area contributed by atoms with E-state index in [0.29, 0.717) is 28.8 Å². The Morgan fingerprint density at radius 3 is 2.81 bits per heavy atom. The molecule has 1 aliphatic carbocycles. The van der Waals surface area contributed by atoms with Crippen molar-refractivity contribution in [2.45, 2.75) is 48.1 Å². The second-order valence-corrected chi connectivity index (χ2v) is 10.4. The smallest absolute Gasteiger partial charge is 0.410 e. The van der Waals surface area contributed by atoms with Gasteiger partial charge in [0.15, 0.2) is 9.84 Å². The van der Waals surface area contributed by atoms with Gasteiger partial charge in [-0.3, -0.25) is 10.3 Å². The molecule has 1 spiro atoms. The van der Waals surface area contributed by atoms with Crippen LogP contribution in [0.4, 0.5) is 4.79 Å². The van der Waals surface area contributed by atoms with E-state index < -0.39 is 31.5 Å². The summed E-state index contributed by atoms with van der Waals surface area (Å²) in [4.78, 5) is 20.3. The second-order valence-electron chi connectivity index (χ2n) is 7.06. The Morgan fingerprint density at radius 1 is 1.46 bits per heavy atom. The van der Waals surface area contributed by atoms with Crippen LogP contribution in [0.5, 0.6) is 5.88 Å². The summed E-state index contributed by atoms with van der Waals surface area (Å²) < 4.78 is 32.3. The predicted octanol–water partition coefficient (Wildman–Crippen LogP) is 2.23. The lowest BCUT2D eigenvalue weighted by molar-refractivity contribution is 0.199. The Bertz CT molecular complexity index is 928. The molecule has 26 heavy (non-hydrogen) atoms. The van der Waals surface area contributed by atoms with Gasteiger partial charge in [0.1, 0.15) is 16.1 Å². The fourth-order valence-corrected chi connectivity index (χ4v) is 7.50. The number of sulfone groups is 1. The topological polar surface area (TPSA) is 118 Å². The van der Waals surface area contributed by atoms with Crippen molar-refractivity contribution in [1.82, 2.24) is 10.3 Å². The molecule has 0 bridgehead atoms. The average molecular weight is 444 g/mol. The van der Waals surface area contributed by atoms with Crippen LogP contribution in [0.3, 0.4) is 0 Å². The molecule has 1 fully saturated rings. The molecule has 4 rings (SSSR count). The number of carboxylic acid groups (broad SMARTS) is 1. The van der Waals surface area contributed by atoms with E-state index in [4.69, 9.17) is 9.73 Å². The molecule has 1 saturated carbocycles. The van der Waals surface area contributed by atoms with Crippen molar-refractivity contribution in [3.63, 3.8) is 0 Å². The van der Waals surface area contributed by atoms with Crippen LogP contribution >= 0.6 is 15.9 Å². The molecule has 3 aliphatic rings. The van der Waals surface area contributed by atoms with Gasteiger partial charge < -0.3 is 9.84 Å². The molecule has 1 aromatic rings. The summed E-state index contributed by atoms with van der Waals surface area (Å²) in [5, 5.41) is 10.7. The molecule has 0 saturated heterocycles. The molecule has 10 heteroatoms. The SMILES string of the molecule is C[C@]12N=C(NC(=O)O)C3(CCC3)S(=O)(=O)[C@H]1CCOc1ncc(Br)cc12. The number of ether oxygens (including phenoxy) is 1. The molecule has 2 N–H and O–H groups in total. The van der Waals surface area contributed by atoms with Gasteiger partial charge in [0.2, 0.25) is 5.88 Å². The van der Waals surface area contributed by atoms with Gasteiger partial charge in [-0.05, 0) is 48.2 Å². The van der Waals surface area contributed by atoms with Gasteiger partial charge in [0, 0.05) is 22.7 Å². The van der Waals surface area contributed by atoms with Gasteiger partial charge in [0.05, 0.1) is 11.9 Å². The van der Waals surface area contributed by atoms with Gasteiger partial charge in [-0.1, -0.05) is 0 Å². The van der Waals surface area contributed by atoms with Crippen LogP contribution in [0.1, 0.15) is 38.2 Å². The van der Waals surface area contributed by atoms with Crippen molar-refractivity contribution in [2.75, 3.05) is 6.61 Å². The lowest BCUT2D eigenvalue weighted by atomic mass is 9.81. The lowest BCUT2D eigenvalue weighted by Crippen LogP contribution is -2.66. The Labute approximate surface area is 159 Å². The zero-order valence-corrected chi connectivity index (χ0v) is 16.4. The van der Waals surface area contributed by atoms with Gasteiger partial charge in [-0.15, -0.1) is 0 Å². The first kappa shape index (κ1) is 17.7. The number of aromatic nitrogens is 1. The van der Waals surface area contributed by atoms with E-state index in [1.807, 2.05) is 0 Å². The molecule has 0 aromatic carbocycles. The summed E-state index contributed by atoms with van der Waals surface area (Å²) in [5.74, 6) is 0.346. The maximum Gasteiger partial charge on any atom is 0.410 e. The minimum Gasteiger partial charge on any atom is -0.477 e. The molecular weight excluding hydrogens is 426 g/mol. The number of rotatable bonds is 0. The number of amidine groups is 1. The zero-order chi connectivity index (χ0) is 18.7. The van der Waals surface area contributed by atoms with E-state index >= 15 is 0 Å². The summed E-state index contributed by atoms with van der Waals surface area (Å²) >= 11 is 3.36. The third kappa shape index (κ3) is 2.24. The molecule has 2 atom stereocenters. The number of pyridine rings is 1. The minimum absolute atomic E-state index is 0.0165. The van der Waals surface area contributed by atoms with Crippen LogP contribution in [-0.2, 0) is 15.4 Å². The molecule has 0 radical (unpaired) electrons. The van der Waals surface area contributed by atoms with Crippen molar-refractivity contribution in [3.8, 4) is 5.88 Å². The predicted molar refractivity (Wildman–Crippen MR) is 97.3 cm³/mol. The number of amides is 1. The quantitative estimate of drug-likeness (QED) is 0.634. The van der Waals surface area contributed by atoms with Crippen LogP contribution in [0.15, 0.2) is 21.7 Å². The van der Waals surface area contributed by atoms with Crippen molar-refractivity contribution >= 4 is 37.7 Å².